The molecule has 0 unspecified atom stereocenters. The van der Waals surface area contributed by atoms with Crippen molar-refractivity contribution >= 4 is 12.6 Å². The van der Waals surface area contributed by atoms with Crippen LogP contribution in [0.3, 0.4) is 0 Å². The molecule has 4 nitrogen and oxygen atoms in total. The molecule has 1 aromatic rings. The molecule has 0 spiro atoms. The van der Waals surface area contributed by atoms with Gasteiger partial charge in [0.05, 0.1) is 16.8 Å². The van der Waals surface area contributed by atoms with Gasteiger partial charge < -0.3 is 13.7 Å². The maximum atomic E-state index is 9.53. The van der Waals surface area contributed by atoms with Gasteiger partial charge in [-0.2, -0.15) is 5.26 Å². The molecule has 0 radical (unpaired) electrons. The van der Waals surface area contributed by atoms with Crippen LogP contribution in [0.25, 0.3) is 5.47 Å². The van der Waals surface area contributed by atoms with Gasteiger partial charge in [-0.1, -0.05) is 46.6 Å². The molecule has 2 heterocycles. The van der Waals surface area contributed by atoms with Gasteiger partial charge in [-0.3, -0.25) is 0 Å². The Bertz CT molecular complexity index is 701. The molecule has 26 heavy (non-hydrogen) atoms. The van der Waals surface area contributed by atoms with E-state index in [9.17, 15) is 5.26 Å². The lowest BCUT2D eigenvalue weighted by Crippen LogP contribution is -2.41. The molecule has 5 heteroatoms. The van der Waals surface area contributed by atoms with Gasteiger partial charge in [-0.25, -0.2) is 0 Å². The first-order valence-electron chi connectivity index (χ1n) is 9.53. The molecule has 0 bridgehead atoms. The number of hydrogen-bond donors (Lipinski definition) is 0. The van der Waals surface area contributed by atoms with E-state index in [-0.39, 0.29) is 5.41 Å². The summed E-state index contributed by atoms with van der Waals surface area (Å²) >= 11 is 0. The second-order valence-electron chi connectivity index (χ2n) is 9.11. The lowest BCUT2D eigenvalue weighted by atomic mass is 9.75. The van der Waals surface area contributed by atoms with Crippen molar-refractivity contribution in [2.24, 2.45) is 0 Å². The maximum Gasteiger partial charge on any atom is 0.498 e. The molecule has 1 saturated heterocycles. The summed E-state index contributed by atoms with van der Waals surface area (Å²) in [6, 6.07) is 4.09. The Morgan fingerprint density at radius 3 is 2.19 bits per heavy atom. The van der Waals surface area contributed by atoms with E-state index in [1.54, 1.807) is 0 Å². The van der Waals surface area contributed by atoms with Gasteiger partial charge in [0.25, 0.3) is 0 Å². The molecule has 2 rings (SSSR count). The van der Waals surface area contributed by atoms with Gasteiger partial charge >= 0.3 is 7.12 Å². The first kappa shape index (κ1) is 20.8. The van der Waals surface area contributed by atoms with Crippen molar-refractivity contribution in [3.05, 3.63) is 29.2 Å². The Balaban J connectivity index is 2.46. The second kappa shape index (κ2) is 7.25. The van der Waals surface area contributed by atoms with Gasteiger partial charge in [-0.15, -0.1) is 0 Å². The summed E-state index contributed by atoms with van der Waals surface area (Å²) in [5.41, 5.74) is 0.376. The highest BCUT2D eigenvalue weighted by atomic mass is 16.7. The van der Waals surface area contributed by atoms with Crippen molar-refractivity contribution in [2.45, 2.75) is 91.3 Å². The van der Waals surface area contributed by atoms with E-state index in [1.807, 2.05) is 54.5 Å². The number of unbranched alkanes of at least 4 members (excludes halogenated alkanes) is 2. The molecular formula is C21H32BNO3. The summed E-state index contributed by atoms with van der Waals surface area (Å²) < 4.78 is 18.7. The maximum absolute atomic E-state index is 9.53. The molecule has 1 aliphatic rings. The fourth-order valence-corrected chi connectivity index (χ4v) is 2.92. The van der Waals surface area contributed by atoms with E-state index < -0.39 is 18.3 Å². The summed E-state index contributed by atoms with van der Waals surface area (Å²) in [7, 11) is -0.498. The van der Waals surface area contributed by atoms with E-state index in [1.165, 1.54) is 0 Å². The minimum Gasteiger partial charge on any atom is -0.460 e. The van der Waals surface area contributed by atoms with Crippen LogP contribution in [0.4, 0.5) is 0 Å². The van der Waals surface area contributed by atoms with Crippen LogP contribution in [0.15, 0.2) is 16.6 Å². The van der Waals surface area contributed by atoms with E-state index in [0.717, 1.165) is 24.7 Å². The molecule has 0 amide bonds. The highest BCUT2D eigenvalue weighted by molar-refractivity contribution is 6.68. The number of nitrogens with zero attached hydrogens (tertiary/aromatic N) is 1. The van der Waals surface area contributed by atoms with Crippen LogP contribution in [0.5, 0.6) is 0 Å². The third-order valence-corrected chi connectivity index (χ3v) is 5.25. The Morgan fingerprint density at radius 2 is 1.77 bits per heavy atom. The molecule has 0 atom stereocenters. The smallest absolute Gasteiger partial charge is 0.460 e. The highest BCUT2D eigenvalue weighted by Gasteiger charge is 2.53. The average Bonchev–Trinajstić information content (AvgIpc) is 3.02. The van der Waals surface area contributed by atoms with Crippen molar-refractivity contribution in [3.63, 3.8) is 0 Å². The molecule has 0 N–H and O–H groups in total. The fourth-order valence-electron chi connectivity index (χ4n) is 2.92. The number of furan rings is 1. The van der Waals surface area contributed by atoms with Crippen molar-refractivity contribution < 1.29 is 13.7 Å². The zero-order valence-corrected chi connectivity index (χ0v) is 17.5. The van der Waals surface area contributed by atoms with Crippen LogP contribution in [0.2, 0.25) is 0 Å². The number of nitriles is 1. The Kier molecular flexibility index (Phi) is 5.80. The monoisotopic (exact) mass is 357 g/mol. The highest BCUT2D eigenvalue weighted by Crippen LogP contribution is 2.42. The fraction of sp³-hybridized carbons (Fsp3) is 0.667. The zero-order chi connectivity index (χ0) is 19.8. The van der Waals surface area contributed by atoms with E-state index in [4.69, 9.17) is 13.7 Å². The minimum atomic E-state index is -0.498. The van der Waals surface area contributed by atoms with Crippen molar-refractivity contribution in [3.8, 4) is 6.07 Å². The van der Waals surface area contributed by atoms with E-state index >= 15 is 0 Å². The van der Waals surface area contributed by atoms with Crippen LogP contribution in [-0.4, -0.2) is 18.3 Å². The predicted octanol–water partition coefficient (Wildman–Crippen LogP) is 5.65. The van der Waals surface area contributed by atoms with Crippen molar-refractivity contribution in [1.29, 1.82) is 5.26 Å². The van der Waals surface area contributed by atoms with Crippen LogP contribution < -0.4 is 0 Å². The van der Waals surface area contributed by atoms with Crippen LogP contribution in [0.1, 0.15) is 91.7 Å². The Labute approximate surface area is 158 Å². The van der Waals surface area contributed by atoms with Gasteiger partial charge in [0.1, 0.15) is 17.6 Å². The summed E-state index contributed by atoms with van der Waals surface area (Å²) in [5.74, 6) is 1.37. The average molecular weight is 357 g/mol. The first-order chi connectivity index (χ1) is 11.9. The lowest BCUT2D eigenvalue weighted by Gasteiger charge is -2.32. The normalized spacial score (nSPS) is 19.7. The standard InChI is InChI=1S/C21H32BNO3/c1-9-10-11-12-16(22-25-20(5,6)21(7,8)26-22)17-13-15(14-23)18(24-17)19(2,3)4/h12-13H,9-11H2,1-8H3/b16-12-. The summed E-state index contributed by atoms with van der Waals surface area (Å²) in [5, 5.41) is 9.53. The molecule has 0 aliphatic carbocycles. The minimum absolute atomic E-state index is 0.242. The van der Waals surface area contributed by atoms with Crippen LogP contribution >= 0.6 is 0 Å². The molecule has 1 fully saturated rings. The number of hydrogen-bond acceptors (Lipinski definition) is 4. The Hall–Kier alpha value is -1.51. The summed E-state index contributed by atoms with van der Waals surface area (Å²) in [4.78, 5) is 0. The van der Waals surface area contributed by atoms with Gasteiger partial charge in [-0.05, 0) is 34.1 Å². The van der Waals surface area contributed by atoms with Crippen molar-refractivity contribution in [1.82, 2.24) is 0 Å². The zero-order valence-electron chi connectivity index (χ0n) is 17.5. The topological polar surface area (TPSA) is 55.4 Å². The molecule has 0 saturated carbocycles. The summed E-state index contributed by atoms with van der Waals surface area (Å²) in [6.07, 6.45) is 5.25. The largest absolute Gasteiger partial charge is 0.498 e. The summed E-state index contributed by atoms with van der Waals surface area (Å²) in [6.45, 7) is 16.5. The van der Waals surface area contributed by atoms with Crippen LogP contribution in [-0.2, 0) is 14.7 Å². The molecule has 1 aromatic heterocycles. The second-order valence-corrected chi connectivity index (χ2v) is 9.11. The Morgan fingerprint density at radius 1 is 1.19 bits per heavy atom. The van der Waals surface area contributed by atoms with Gasteiger partial charge in [0.15, 0.2) is 0 Å². The van der Waals surface area contributed by atoms with E-state index in [0.29, 0.717) is 17.1 Å². The SMILES string of the molecule is CCCC/C=C(\B1OC(C)(C)C(C)(C)O1)c1cc(C#N)c(C(C)(C)C)o1. The molecule has 1 aliphatic heterocycles. The molecular weight excluding hydrogens is 325 g/mol. The van der Waals surface area contributed by atoms with Gasteiger partial charge in [0.2, 0.25) is 0 Å². The van der Waals surface area contributed by atoms with Crippen molar-refractivity contribution in [2.75, 3.05) is 0 Å². The number of rotatable bonds is 5. The molecule has 0 aromatic carbocycles. The quantitative estimate of drug-likeness (QED) is 0.504. The molecule has 142 valence electrons. The third-order valence-electron chi connectivity index (χ3n) is 5.25. The third kappa shape index (κ3) is 4.08. The van der Waals surface area contributed by atoms with Gasteiger partial charge in [0, 0.05) is 17.0 Å². The van der Waals surface area contributed by atoms with Crippen LogP contribution in [0, 0.1) is 11.3 Å². The van der Waals surface area contributed by atoms with E-state index in [2.05, 4.69) is 19.1 Å². The first-order valence-corrected chi connectivity index (χ1v) is 9.53. The number of allylic oxidation sites excluding steroid dienone is 1. The lowest BCUT2D eigenvalue weighted by molar-refractivity contribution is 0.00578. The predicted molar refractivity (Wildman–Crippen MR) is 106 cm³/mol.